The van der Waals surface area contributed by atoms with Gasteiger partial charge in [-0.25, -0.2) is 4.39 Å². The molecule has 2 fully saturated rings. The van der Waals surface area contributed by atoms with Crippen molar-refractivity contribution >= 4 is 0 Å². The molecule has 132 valence electrons. The molecule has 0 bridgehead atoms. The summed E-state index contributed by atoms with van der Waals surface area (Å²) in [7, 11) is 1.75. The lowest BCUT2D eigenvalue weighted by atomic mass is 9.68. The molecular weight excluding hydrogens is 299 g/mol. The summed E-state index contributed by atoms with van der Waals surface area (Å²) in [6, 6.07) is 9.02. The highest BCUT2D eigenvalue weighted by molar-refractivity contribution is 5.25. The molecular formula is C22H31FO. The predicted molar refractivity (Wildman–Crippen MR) is 97.6 cm³/mol. The van der Waals surface area contributed by atoms with Crippen LogP contribution in [0.25, 0.3) is 0 Å². The zero-order valence-corrected chi connectivity index (χ0v) is 14.9. The highest BCUT2D eigenvalue weighted by Crippen LogP contribution is 2.44. The van der Waals surface area contributed by atoms with Crippen LogP contribution in [-0.4, -0.2) is 7.11 Å². The third-order valence-electron chi connectivity index (χ3n) is 6.36. The Labute approximate surface area is 146 Å². The molecule has 0 heterocycles. The fraction of sp³-hybridized carbons (Fsp3) is 0.636. The first kappa shape index (κ1) is 17.7. The molecule has 2 aliphatic carbocycles. The molecule has 0 unspecified atom stereocenters. The van der Waals surface area contributed by atoms with E-state index in [9.17, 15) is 4.39 Å². The van der Waals surface area contributed by atoms with Crippen molar-refractivity contribution in [2.45, 2.75) is 63.9 Å². The smallest absolute Gasteiger partial charge is 0.0829 e. The minimum atomic E-state index is 0.494. The summed E-state index contributed by atoms with van der Waals surface area (Å²) >= 11 is 0. The standard InChI is InChI=1S/C22H31FO/c1-24-16-18-4-8-20(9-5-18)22-12-10-21(11-13-22)19-6-2-17(3-7-19)14-15-23/h4-5,8-9,14-15,17,19,21-22H,2-3,6-7,10-13,16H2,1H3/t17-,19-,21-,22-. The quantitative estimate of drug-likeness (QED) is 0.607. The van der Waals surface area contributed by atoms with E-state index < -0.39 is 0 Å². The molecule has 0 N–H and O–H groups in total. The molecule has 0 amide bonds. The van der Waals surface area contributed by atoms with Gasteiger partial charge in [0, 0.05) is 7.11 Å². The Morgan fingerprint density at radius 2 is 1.50 bits per heavy atom. The number of methoxy groups -OCH3 is 1. The second-order valence-electron chi connectivity index (χ2n) is 7.78. The first-order valence-electron chi connectivity index (χ1n) is 9.64. The van der Waals surface area contributed by atoms with Gasteiger partial charge in [0.2, 0.25) is 0 Å². The average Bonchev–Trinajstić information content (AvgIpc) is 2.64. The van der Waals surface area contributed by atoms with Crippen LogP contribution < -0.4 is 0 Å². The van der Waals surface area contributed by atoms with Gasteiger partial charge in [-0.15, -0.1) is 0 Å². The Morgan fingerprint density at radius 1 is 0.917 bits per heavy atom. The van der Waals surface area contributed by atoms with E-state index >= 15 is 0 Å². The highest BCUT2D eigenvalue weighted by Gasteiger charge is 2.30. The second kappa shape index (κ2) is 8.80. The predicted octanol–water partition coefficient (Wildman–Crippen LogP) is 6.40. The number of ether oxygens (including phenoxy) is 1. The number of halogens is 1. The molecule has 2 saturated carbocycles. The molecule has 0 saturated heterocycles. The average molecular weight is 330 g/mol. The van der Waals surface area contributed by atoms with Crippen LogP contribution in [0.3, 0.4) is 0 Å². The third-order valence-corrected chi connectivity index (χ3v) is 6.36. The van der Waals surface area contributed by atoms with Crippen LogP contribution in [0.15, 0.2) is 36.7 Å². The van der Waals surface area contributed by atoms with Crippen molar-refractivity contribution in [3.63, 3.8) is 0 Å². The molecule has 2 aliphatic rings. The van der Waals surface area contributed by atoms with Crippen LogP contribution in [0.5, 0.6) is 0 Å². The van der Waals surface area contributed by atoms with Gasteiger partial charge in [-0.3, -0.25) is 0 Å². The molecule has 1 aromatic carbocycles. The molecule has 0 spiro atoms. The second-order valence-corrected chi connectivity index (χ2v) is 7.78. The summed E-state index contributed by atoms with van der Waals surface area (Å²) in [6.07, 6.45) is 12.9. The monoisotopic (exact) mass is 330 g/mol. The molecule has 0 aliphatic heterocycles. The van der Waals surface area contributed by atoms with E-state index in [4.69, 9.17) is 4.74 Å². The van der Waals surface area contributed by atoms with Crippen LogP contribution in [0.1, 0.15) is 68.4 Å². The van der Waals surface area contributed by atoms with Gasteiger partial charge in [-0.2, -0.15) is 0 Å². The zero-order chi connectivity index (χ0) is 16.8. The molecule has 2 heteroatoms. The van der Waals surface area contributed by atoms with Crippen LogP contribution in [0.2, 0.25) is 0 Å². The summed E-state index contributed by atoms with van der Waals surface area (Å²) in [6.45, 7) is 0.702. The lowest BCUT2D eigenvalue weighted by Crippen LogP contribution is -2.25. The van der Waals surface area contributed by atoms with Crippen molar-refractivity contribution in [3.8, 4) is 0 Å². The maximum atomic E-state index is 12.3. The summed E-state index contributed by atoms with van der Waals surface area (Å²) < 4.78 is 17.5. The first-order valence-corrected chi connectivity index (χ1v) is 9.64. The van der Waals surface area contributed by atoms with Gasteiger partial charge in [0.25, 0.3) is 0 Å². The molecule has 0 atom stereocenters. The van der Waals surface area contributed by atoms with Crippen LogP contribution in [-0.2, 0) is 11.3 Å². The van der Waals surface area contributed by atoms with Crippen molar-refractivity contribution in [3.05, 3.63) is 47.8 Å². The van der Waals surface area contributed by atoms with E-state index in [2.05, 4.69) is 24.3 Å². The number of rotatable bonds is 5. The molecule has 0 radical (unpaired) electrons. The summed E-state index contributed by atoms with van der Waals surface area (Å²) in [5.41, 5.74) is 2.76. The van der Waals surface area contributed by atoms with Crippen LogP contribution in [0, 0.1) is 17.8 Å². The zero-order valence-electron chi connectivity index (χ0n) is 14.9. The fourth-order valence-electron chi connectivity index (χ4n) is 4.89. The Morgan fingerprint density at radius 3 is 2.04 bits per heavy atom. The van der Waals surface area contributed by atoms with Gasteiger partial charge < -0.3 is 4.74 Å². The van der Waals surface area contributed by atoms with E-state index in [0.29, 0.717) is 12.5 Å². The van der Waals surface area contributed by atoms with Gasteiger partial charge in [0.1, 0.15) is 0 Å². The fourth-order valence-corrected chi connectivity index (χ4v) is 4.89. The minimum Gasteiger partial charge on any atom is -0.380 e. The number of hydrogen-bond donors (Lipinski definition) is 0. The normalized spacial score (nSPS) is 31.4. The lowest BCUT2D eigenvalue weighted by molar-refractivity contribution is 0.171. The maximum absolute atomic E-state index is 12.3. The lowest BCUT2D eigenvalue weighted by Gasteiger charge is -2.37. The Kier molecular flexibility index (Phi) is 6.48. The van der Waals surface area contributed by atoms with E-state index in [1.165, 1.54) is 62.5 Å². The van der Waals surface area contributed by atoms with Crippen molar-refractivity contribution in [1.29, 1.82) is 0 Å². The molecule has 1 nitrogen and oxygen atoms in total. The van der Waals surface area contributed by atoms with Gasteiger partial charge in [0.05, 0.1) is 12.9 Å². The van der Waals surface area contributed by atoms with Gasteiger partial charge >= 0.3 is 0 Å². The summed E-state index contributed by atoms with van der Waals surface area (Å²) in [5.74, 6) is 3.03. The maximum Gasteiger partial charge on any atom is 0.0829 e. The molecule has 1 aromatic rings. The van der Waals surface area contributed by atoms with Gasteiger partial charge in [0.15, 0.2) is 0 Å². The van der Waals surface area contributed by atoms with E-state index in [1.807, 2.05) is 0 Å². The van der Waals surface area contributed by atoms with Crippen molar-refractivity contribution in [1.82, 2.24) is 0 Å². The Hall–Kier alpha value is -1.15. The molecule has 3 rings (SSSR count). The molecule has 0 aromatic heterocycles. The SMILES string of the molecule is COCc1ccc([C@H]2CC[C@H]([C@H]3CC[C@H](C=CF)CC3)CC2)cc1. The van der Waals surface area contributed by atoms with Crippen LogP contribution >= 0.6 is 0 Å². The topological polar surface area (TPSA) is 9.23 Å². The van der Waals surface area contributed by atoms with E-state index in [-0.39, 0.29) is 0 Å². The Bertz CT molecular complexity index is 505. The van der Waals surface area contributed by atoms with E-state index in [1.54, 1.807) is 13.2 Å². The Balaban J connectivity index is 1.47. The minimum absolute atomic E-state index is 0.494. The van der Waals surface area contributed by atoms with Crippen molar-refractivity contribution < 1.29 is 9.13 Å². The van der Waals surface area contributed by atoms with Gasteiger partial charge in [-0.1, -0.05) is 30.3 Å². The van der Waals surface area contributed by atoms with Crippen molar-refractivity contribution in [2.24, 2.45) is 17.8 Å². The largest absolute Gasteiger partial charge is 0.380 e. The first-order chi connectivity index (χ1) is 11.8. The molecule has 24 heavy (non-hydrogen) atoms. The summed E-state index contributed by atoms with van der Waals surface area (Å²) in [4.78, 5) is 0. The van der Waals surface area contributed by atoms with E-state index in [0.717, 1.165) is 24.1 Å². The number of hydrogen-bond acceptors (Lipinski definition) is 1. The van der Waals surface area contributed by atoms with Crippen molar-refractivity contribution in [2.75, 3.05) is 7.11 Å². The highest BCUT2D eigenvalue weighted by atomic mass is 19.1. The summed E-state index contributed by atoms with van der Waals surface area (Å²) in [5, 5.41) is 0. The van der Waals surface area contributed by atoms with Crippen LogP contribution in [0.4, 0.5) is 4.39 Å². The third kappa shape index (κ3) is 4.47. The van der Waals surface area contributed by atoms with Gasteiger partial charge in [-0.05, 0) is 86.2 Å². The number of allylic oxidation sites excluding steroid dienone is 1. The number of benzene rings is 1.